The molecule has 2 aromatic carbocycles. The Hall–Kier alpha value is -1.67. The summed E-state index contributed by atoms with van der Waals surface area (Å²) in [4.78, 5) is 0. The Morgan fingerprint density at radius 3 is 2.29 bits per heavy atom. The van der Waals surface area contributed by atoms with Gasteiger partial charge in [0.1, 0.15) is 5.75 Å². The molecular weight excluding hydrogens is 414 g/mol. The molecule has 8 heteroatoms. The quantitative estimate of drug-likeness (QED) is 0.334. The van der Waals surface area contributed by atoms with Gasteiger partial charge in [0, 0.05) is 10.0 Å². The topological polar surface area (TPSA) is 67.8 Å². The summed E-state index contributed by atoms with van der Waals surface area (Å²) in [5.74, 6) is -2.66. The maximum absolute atomic E-state index is 13.9. The lowest BCUT2D eigenvalue weighted by atomic mass is 10.2. The van der Waals surface area contributed by atoms with Crippen LogP contribution in [0.25, 0.3) is 0 Å². The molecule has 4 nitrogen and oxygen atoms in total. The average Bonchev–Trinajstić information content (AvgIpc) is 2.43. The maximum Gasteiger partial charge on any atom is 0.198 e. The van der Waals surface area contributed by atoms with E-state index in [0.717, 1.165) is 16.6 Å². The second kappa shape index (κ2) is 6.40. The highest BCUT2D eigenvalue weighted by atomic mass is 79.9. The predicted molar refractivity (Wildman–Crippen MR) is 80.8 cm³/mol. The highest BCUT2D eigenvalue weighted by Crippen LogP contribution is 2.34. The standard InChI is InChI=1S/C13H8Br2F2N2O2/c14-7-1-2-11(8(15)5-7)21-12-9(16)3-6(4-10(12)17)13(18)19-20/h1-5,20H,(H2,18,19). The van der Waals surface area contributed by atoms with Crippen molar-refractivity contribution in [2.24, 2.45) is 10.9 Å². The zero-order valence-corrected chi connectivity index (χ0v) is 13.5. The molecule has 0 saturated carbocycles. The summed E-state index contributed by atoms with van der Waals surface area (Å²) in [6.45, 7) is 0. The molecule has 0 unspecified atom stereocenters. The Kier molecular flexibility index (Phi) is 4.79. The SMILES string of the molecule is N/C(=N/O)c1cc(F)c(Oc2ccc(Br)cc2Br)c(F)c1. The van der Waals surface area contributed by atoms with Crippen LogP contribution in [-0.2, 0) is 0 Å². The van der Waals surface area contributed by atoms with Gasteiger partial charge in [0.05, 0.1) is 4.47 Å². The summed E-state index contributed by atoms with van der Waals surface area (Å²) in [5, 5.41) is 11.2. The van der Waals surface area contributed by atoms with Gasteiger partial charge in [0.25, 0.3) is 0 Å². The largest absolute Gasteiger partial charge is 0.450 e. The first-order valence-corrected chi connectivity index (χ1v) is 7.11. The normalized spacial score (nSPS) is 11.5. The molecule has 2 rings (SSSR count). The van der Waals surface area contributed by atoms with Crippen LogP contribution in [0.1, 0.15) is 5.56 Å². The molecule has 110 valence electrons. The van der Waals surface area contributed by atoms with Gasteiger partial charge in [-0.05, 0) is 46.3 Å². The lowest BCUT2D eigenvalue weighted by molar-refractivity contribution is 0.318. The first-order valence-electron chi connectivity index (χ1n) is 5.52. The van der Waals surface area contributed by atoms with Gasteiger partial charge < -0.3 is 15.7 Å². The number of oxime groups is 1. The van der Waals surface area contributed by atoms with Gasteiger partial charge in [-0.25, -0.2) is 8.78 Å². The number of hydrogen-bond acceptors (Lipinski definition) is 3. The van der Waals surface area contributed by atoms with E-state index in [1.165, 1.54) is 0 Å². The highest BCUT2D eigenvalue weighted by molar-refractivity contribution is 9.11. The number of halogens is 4. The Labute approximate surface area is 135 Å². The Balaban J connectivity index is 2.41. The molecule has 0 heterocycles. The van der Waals surface area contributed by atoms with E-state index in [4.69, 9.17) is 15.7 Å². The van der Waals surface area contributed by atoms with Gasteiger partial charge in [0.2, 0.25) is 0 Å². The minimum atomic E-state index is -0.966. The summed E-state index contributed by atoms with van der Waals surface area (Å²) in [6.07, 6.45) is 0. The molecule has 0 amide bonds. The average molecular weight is 422 g/mol. The smallest absolute Gasteiger partial charge is 0.198 e. The van der Waals surface area contributed by atoms with E-state index >= 15 is 0 Å². The van der Waals surface area contributed by atoms with Crippen LogP contribution < -0.4 is 10.5 Å². The van der Waals surface area contributed by atoms with Gasteiger partial charge in [-0.15, -0.1) is 0 Å². The van der Waals surface area contributed by atoms with Crippen LogP contribution >= 0.6 is 31.9 Å². The summed E-state index contributed by atoms with van der Waals surface area (Å²) >= 11 is 6.49. The fourth-order valence-electron chi connectivity index (χ4n) is 1.53. The van der Waals surface area contributed by atoms with Crippen LogP contribution in [0.4, 0.5) is 8.78 Å². The molecule has 0 spiro atoms. The van der Waals surface area contributed by atoms with Crippen molar-refractivity contribution in [2.45, 2.75) is 0 Å². The Bertz CT molecular complexity index is 700. The van der Waals surface area contributed by atoms with E-state index in [1.54, 1.807) is 18.2 Å². The number of nitrogens with two attached hydrogens (primary N) is 1. The Morgan fingerprint density at radius 1 is 1.14 bits per heavy atom. The van der Waals surface area contributed by atoms with Crippen molar-refractivity contribution >= 4 is 37.7 Å². The number of benzene rings is 2. The van der Waals surface area contributed by atoms with Crippen LogP contribution in [0.2, 0.25) is 0 Å². The van der Waals surface area contributed by atoms with Gasteiger partial charge in [-0.3, -0.25) is 0 Å². The number of rotatable bonds is 3. The second-order valence-electron chi connectivity index (χ2n) is 3.93. The fraction of sp³-hybridized carbons (Fsp3) is 0. The van der Waals surface area contributed by atoms with E-state index in [2.05, 4.69) is 37.0 Å². The zero-order chi connectivity index (χ0) is 15.6. The molecule has 2 aromatic rings. The third kappa shape index (κ3) is 3.51. The number of amidine groups is 1. The summed E-state index contributed by atoms with van der Waals surface area (Å²) < 4.78 is 34.4. The molecule has 0 aliphatic rings. The van der Waals surface area contributed by atoms with Gasteiger partial charge >= 0.3 is 0 Å². The lowest BCUT2D eigenvalue weighted by Crippen LogP contribution is -2.14. The van der Waals surface area contributed by atoms with Gasteiger partial charge in [0.15, 0.2) is 23.2 Å². The lowest BCUT2D eigenvalue weighted by Gasteiger charge is -2.11. The van der Waals surface area contributed by atoms with Crippen molar-refractivity contribution in [3.05, 3.63) is 56.5 Å². The van der Waals surface area contributed by atoms with E-state index in [0.29, 0.717) is 4.47 Å². The van der Waals surface area contributed by atoms with E-state index in [1.807, 2.05) is 0 Å². The maximum atomic E-state index is 13.9. The molecule has 21 heavy (non-hydrogen) atoms. The minimum absolute atomic E-state index is 0.0882. The first kappa shape index (κ1) is 15.7. The van der Waals surface area contributed by atoms with Crippen molar-refractivity contribution < 1.29 is 18.7 Å². The fourth-order valence-corrected chi connectivity index (χ4v) is 2.66. The number of hydrogen-bond donors (Lipinski definition) is 2. The third-order valence-electron chi connectivity index (χ3n) is 2.51. The van der Waals surface area contributed by atoms with Crippen molar-refractivity contribution in [3.63, 3.8) is 0 Å². The van der Waals surface area contributed by atoms with E-state index < -0.39 is 23.2 Å². The Morgan fingerprint density at radius 2 is 1.76 bits per heavy atom. The zero-order valence-electron chi connectivity index (χ0n) is 10.3. The molecule has 0 radical (unpaired) electrons. The summed E-state index contributed by atoms with van der Waals surface area (Å²) in [6, 6.07) is 6.72. The highest BCUT2D eigenvalue weighted by Gasteiger charge is 2.16. The molecule has 0 atom stereocenters. The van der Waals surface area contributed by atoms with Crippen LogP contribution in [0, 0.1) is 11.6 Å². The summed E-state index contributed by atoms with van der Waals surface area (Å²) in [5.41, 5.74) is 5.20. The van der Waals surface area contributed by atoms with Crippen LogP contribution in [0.3, 0.4) is 0 Å². The minimum Gasteiger partial charge on any atom is -0.450 e. The van der Waals surface area contributed by atoms with Crippen LogP contribution in [-0.4, -0.2) is 11.0 Å². The second-order valence-corrected chi connectivity index (χ2v) is 5.70. The van der Waals surface area contributed by atoms with Crippen molar-refractivity contribution in [2.75, 3.05) is 0 Å². The first-order chi connectivity index (χ1) is 9.92. The predicted octanol–water partition coefficient (Wildman–Crippen LogP) is 4.38. The van der Waals surface area contributed by atoms with E-state index in [-0.39, 0.29) is 11.3 Å². The summed E-state index contributed by atoms with van der Waals surface area (Å²) in [7, 11) is 0. The molecule has 0 saturated heterocycles. The van der Waals surface area contributed by atoms with Crippen molar-refractivity contribution in [3.8, 4) is 11.5 Å². The molecule has 3 N–H and O–H groups in total. The van der Waals surface area contributed by atoms with Gasteiger partial charge in [-0.2, -0.15) is 0 Å². The molecule has 0 fully saturated rings. The molecule has 0 aliphatic heterocycles. The molecular formula is C13H8Br2F2N2O2. The van der Waals surface area contributed by atoms with Gasteiger partial charge in [-0.1, -0.05) is 21.1 Å². The van der Waals surface area contributed by atoms with E-state index in [9.17, 15) is 8.78 Å². The van der Waals surface area contributed by atoms with Crippen LogP contribution in [0.15, 0.2) is 44.4 Å². The molecule has 0 aliphatic carbocycles. The molecule has 0 bridgehead atoms. The molecule has 0 aromatic heterocycles. The van der Waals surface area contributed by atoms with Crippen molar-refractivity contribution in [1.29, 1.82) is 0 Å². The van der Waals surface area contributed by atoms with Crippen molar-refractivity contribution in [1.82, 2.24) is 0 Å². The third-order valence-corrected chi connectivity index (χ3v) is 3.62. The van der Waals surface area contributed by atoms with Crippen LogP contribution in [0.5, 0.6) is 11.5 Å². The number of ether oxygens (including phenoxy) is 1. The number of nitrogens with zero attached hydrogens (tertiary/aromatic N) is 1. The monoisotopic (exact) mass is 420 g/mol.